The molecule has 2 heteroatoms. The maximum absolute atomic E-state index is 5.86. The predicted molar refractivity (Wildman–Crippen MR) is 50.6 cm³/mol. The third-order valence-corrected chi connectivity index (χ3v) is 3.44. The first-order valence-electron chi connectivity index (χ1n) is 5.10. The van der Waals surface area contributed by atoms with Crippen molar-refractivity contribution in [2.45, 2.75) is 50.0 Å². The van der Waals surface area contributed by atoms with Crippen LogP contribution in [0.3, 0.4) is 0 Å². The highest BCUT2D eigenvalue weighted by molar-refractivity contribution is 6.21. The van der Waals surface area contributed by atoms with Crippen molar-refractivity contribution in [3.05, 3.63) is 0 Å². The zero-order chi connectivity index (χ0) is 8.39. The van der Waals surface area contributed by atoms with Crippen LogP contribution in [0.5, 0.6) is 0 Å². The molecular formula is C10H17ClO. The minimum absolute atomic E-state index is 0.401. The van der Waals surface area contributed by atoms with Crippen LogP contribution in [-0.4, -0.2) is 18.1 Å². The predicted octanol–water partition coefficient (Wildman–Crippen LogP) is 2.96. The summed E-state index contributed by atoms with van der Waals surface area (Å²) < 4.78 is 5.75. The van der Waals surface area contributed by atoms with Gasteiger partial charge < -0.3 is 4.74 Å². The van der Waals surface area contributed by atoms with Gasteiger partial charge in [0.2, 0.25) is 0 Å². The van der Waals surface area contributed by atoms with E-state index in [1.54, 1.807) is 0 Å². The maximum Gasteiger partial charge on any atom is 0.0603 e. The van der Waals surface area contributed by atoms with Crippen LogP contribution in [0, 0.1) is 5.92 Å². The second-order valence-corrected chi connectivity index (χ2v) is 4.79. The summed E-state index contributed by atoms with van der Waals surface area (Å²) in [5.74, 6) is 0.861. The van der Waals surface area contributed by atoms with Crippen LogP contribution in [-0.2, 0) is 4.74 Å². The van der Waals surface area contributed by atoms with Crippen molar-refractivity contribution in [2.75, 3.05) is 6.61 Å². The average Bonchev–Trinajstić information content (AvgIpc) is 2.47. The van der Waals surface area contributed by atoms with Crippen LogP contribution < -0.4 is 0 Å². The first-order chi connectivity index (χ1) is 5.84. The fourth-order valence-electron chi connectivity index (χ4n) is 2.09. The van der Waals surface area contributed by atoms with Gasteiger partial charge in [0.05, 0.1) is 6.10 Å². The molecular weight excluding hydrogens is 172 g/mol. The smallest absolute Gasteiger partial charge is 0.0603 e. The van der Waals surface area contributed by atoms with Crippen molar-refractivity contribution in [1.82, 2.24) is 0 Å². The SMILES string of the molecule is ClC1CC(OCC2CCCC2)C1. The van der Waals surface area contributed by atoms with Crippen LogP contribution in [0.15, 0.2) is 0 Å². The summed E-state index contributed by atoms with van der Waals surface area (Å²) in [4.78, 5) is 0. The Morgan fingerprint density at radius 3 is 2.42 bits per heavy atom. The summed E-state index contributed by atoms with van der Waals surface area (Å²) in [6.07, 6.45) is 8.25. The normalized spacial score (nSPS) is 36.8. The van der Waals surface area contributed by atoms with Gasteiger partial charge in [-0.3, -0.25) is 0 Å². The molecule has 0 heterocycles. The molecule has 0 saturated heterocycles. The molecule has 0 N–H and O–H groups in total. The molecule has 0 spiro atoms. The van der Waals surface area contributed by atoms with Gasteiger partial charge in [0.25, 0.3) is 0 Å². The number of rotatable bonds is 3. The minimum Gasteiger partial charge on any atom is -0.378 e. The molecule has 12 heavy (non-hydrogen) atoms. The summed E-state index contributed by atoms with van der Waals surface area (Å²) >= 11 is 5.86. The third-order valence-electron chi connectivity index (χ3n) is 3.08. The van der Waals surface area contributed by atoms with Gasteiger partial charge in [-0.05, 0) is 31.6 Å². The first-order valence-corrected chi connectivity index (χ1v) is 5.54. The lowest BCUT2D eigenvalue weighted by atomic mass is 9.95. The standard InChI is InChI=1S/C10H17ClO/c11-9-5-10(6-9)12-7-8-3-1-2-4-8/h8-10H,1-7H2. The minimum atomic E-state index is 0.401. The summed E-state index contributed by atoms with van der Waals surface area (Å²) in [7, 11) is 0. The van der Waals surface area contributed by atoms with Crippen molar-refractivity contribution >= 4 is 11.6 Å². The molecule has 70 valence electrons. The summed E-state index contributed by atoms with van der Waals surface area (Å²) in [5, 5.41) is 0.401. The molecule has 0 radical (unpaired) electrons. The van der Waals surface area contributed by atoms with E-state index in [4.69, 9.17) is 16.3 Å². The average molecular weight is 189 g/mol. The number of ether oxygens (including phenoxy) is 1. The van der Waals surface area contributed by atoms with Crippen molar-refractivity contribution in [1.29, 1.82) is 0 Å². The lowest BCUT2D eigenvalue weighted by molar-refractivity contribution is -0.0124. The Hall–Kier alpha value is 0.250. The van der Waals surface area contributed by atoms with Crippen LogP contribution in [0.1, 0.15) is 38.5 Å². The summed E-state index contributed by atoms with van der Waals surface area (Å²) in [6.45, 7) is 0.994. The molecule has 0 aliphatic heterocycles. The molecule has 0 amide bonds. The van der Waals surface area contributed by atoms with E-state index in [1.165, 1.54) is 25.7 Å². The van der Waals surface area contributed by atoms with E-state index in [9.17, 15) is 0 Å². The zero-order valence-corrected chi connectivity index (χ0v) is 8.22. The second kappa shape index (κ2) is 3.97. The molecule has 0 aromatic rings. The van der Waals surface area contributed by atoms with Crippen LogP contribution in [0.4, 0.5) is 0 Å². The van der Waals surface area contributed by atoms with Gasteiger partial charge in [0, 0.05) is 12.0 Å². The molecule has 2 aliphatic carbocycles. The Labute approximate surface area is 79.4 Å². The highest BCUT2D eigenvalue weighted by atomic mass is 35.5. The summed E-state index contributed by atoms with van der Waals surface area (Å²) in [5.41, 5.74) is 0. The molecule has 2 saturated carbocycles. The number of hydrogen-bond acceptors (Lipinski definition) is 1. The Balaban J connectivity index is 1.56. The number of hydrogen-bond donors (Lipinski definition) is 0. The van der Waals surface area contributed by atoms with Crippen molar-refractivity contribution in [3.8, 4) is 0 Å². The Bertz CT molecular complexity index is 137. The highest BCUT2D eigenvalue weighted by Gasteiger charge is 2.28. The van der Waals surface area contributed by atoms with Gasteiger partial charge in [0.15, 0.2) is 0 Å². The van der Waals surface area contributed by atoms with Crippen molar-refractivity contribution in [3.63, 3.8) is 0 Å². The lowest BCUT2D eigenvalue weighted by Crippen LogP contribution is -2.33. The molecule has 1 nitrogen and oxygen atoms in total. The third kappa shape index (κ3) is 2.14. The van der Waals surface area contributed by atoms with Gasteiger partial charge in [-0.2, -0.15) is 0 Å². The van der Waals surface area contributed by atoms with Gasteiger partial charge >= 0.3 is 0 Å². The topological polar surface area (TPSA) is 9.23 Å². The van der Waals surface area contributed by atoms with Crippen LogP contribution in [0.2, 0.25) is 0 Å². The van der Waals surface area contributed by atoms with E-state index in [0.29, 0.717) is 11.5 Å². The molecule has 0 atom stereocenters. The molecule has 0 unspecified atom stereocenters. The quantitative estimate of drug-likeness (QED) is 0.619. The zero-order valence-electron chi connectivity index (χ0n) is 7.47. The first kappa shape index (κ1) is 8.83. The van der Waals surface area contributed by atoms with E-state index in [2.05, 4.69) is 0 Å². The van der Waals surface area contributed by atoms with E-state index in [-0.39, 0.29) is 0 Å². The van der Waals surface area contributed by atoms with Crippen molar-refractivity contribution in [2.24, 2.45) is 5.92 Å². The lowest BCUT2D eigenvalue weighted by Gasteiger charge is -2.31. The highest BCUT2D eigenvalue weighted by Crippen LogP contribution is 2.31. The summed E-state index contributed by atoms with van der Waals surface area (Å²) in [6, 6.07) is 0. The van der Waals surface area contributed by atoms with Gasteiger partial charge in [-0.25, -0.2) is 0 Å². The maximum atomic E-state index is 5.86. The molecule has 2 fully saturated rings. The largest absolute Gasteiger partial charge is 0.378 e. The van der Waals surface area contributed by atoms with Gasteiger partial charge in [0.1, 0.15) is 0 Å². The van der Waals surface area contributed by atoms with Crippen LogP contribution >= 0.6 is 11.6 Å². The van der Waals surface area contributed by atoms with Crippen LogP contribution in [0.25, 0.3) is 0 Å². The van der Waals surface area contributed by atoms with E-state index in [1.807, 2.05) is 0 Å². The molecule has 2 rings (SSSR count). The Morgan fingerprint density at radius 1 is 1.17 bits per heavy atom. The van der Waals surface area contributed by atoms with E-state index < -0.39 is 0 Å². The Morgan fingerprint density at radius 2 is 1.83 bits per heavy atom. The molecule has 0 aromatic heterocycles. The molecule has 2 aliphatic rings. The van der Waals surface area contributed by atoms with Gasteiger partial charge in [-0.1, -0.05) is 12.8 Å². The monoisotopic (exact) mass is 188 g/mol. The molecule has 0 aromatic carbocycles. The van der Waals surface area contributed by atoms with E-state index >= 15 is 0 Å². The Kier molecular flexibility index (Phi) is 2.92. The second-order valence-electron chi connectivity index (χ2n) is 4.17. The van der Waals surface area contributed by atoms with Crippen molar-refractivity contribution < 1.29 is 4.74 Å². The van der Waals surface area contributed by atoms with Gasteiger partial charge in [-0.15, -0.1) is 11.6 Å². The number of alkyl halides is 1. The molecule has 0 bridgehead atoms. The fraction of sp³-hybridized carbons (Fsp3) is 1.00. The van der Waals surface area contributed by atoms with E-state index in [0.717, 1.165) is 25.4 Å². The fourth-order valence-corrected chi connectivity index (χ4v) is 2.48. The number of halogens is 1.